The number of ether oxygens (including phenoxy) is 2. The molecular formula is C30H56N2O5. The molecule has 2 aliphatic heterocycles. The smallest absolute Gasteiger partial charge is 0.308 e. The number of carbonyl (C=O) groups is 2. The first-order valence-electron chi connectivity index (χ1n) is 14.5. The zero-order valence-electron chi connectivity index (χ0n) is 25.5. The summed E-state index contributed by atoms with van der Waals surface area (Å²) >= 11 is 0. The van der Waals surface area contributed by atoms with Crippen LogP contribution in [0.15, 0.2) is 0 Å². The largest absolute Gasteiger partial charge is 0.462 e. The molecule has 2 heterocycles. The molecule has 1 unspecified atom stereocenters. The molecule has 37 heavy (non-hydrogen) atoms. The number of likely N-dealkylation sites (tertiary alicyclic amines) is 1. The quantitative estimate of drug-likeness (QED) is 0.244. The van der Waals surface area contributed by atoms with Crippen molar-refractivity contribution < 1.29 is 24.3 Å². The van der Waals surface area contributed by atoms with Gasteiger partial charge in [-0.05, 0) is 75.3 Å². The highest BCUT2D eigenvalue weighted by molar-refractivity contribution is 5.72. The van der Waals surface area contributed by atoms with E-state index in [0.29, 0.717) is 19.3 Å². The molecule has 0 spiro atoms. The van der Waals surface area contributed by atoms with Crippen LogP contribution in [0.3, 0.4) is 0 Å². The van der Waals surface area contributed by atoms with Crippen LogP contribution >= 0.6 is 0 Å². The Morgan fingerprint density at radius 2 is 1.19 bits per heavy atom. The van der Waals surface area contributed by atoms with Gasteiger partial charge in [-0.25, -0.2) is 0 Å². The van der Waals surface area contributed by atoms with Crippen molar-refractivity contribution in [2.24, 2.45) is 5.92 Å². The summed E-state index contributed by atoms with van der Waals surface area (Å²) in [6.07, 6.45) is 9.00. The first kappa shape index (κ1) is 32.0. The molecule has 0 amide bonds. The summed E-state index contributed by atoms with van der Waals surface area (Å²) in [5, 5.41) is 11.8. The average Bonchev–Trinajstić information content (AvgIpc) is 2.74. The van der Waals surface area contributed by atoms with Crippen LogP contribution in [0.4, 0.5) is 0 Å². The minimum atomic E-state index is -0.420. The number of rotatable bonds is 11. The molecule has 0 aliphatic carbocycles. The Morgan fingerprint density at radius 3 is 1.73 bits per heavy atom. The number of esters is 2. The van der Waals surface area contributed by atoms with Crippen LogP contribution in [-0.4, -0.2) is 68.5 Å². The Morgan fingerprint density at radius 1 is 0.757 bits per heavy atom. The van der Waals surface area contributed by atoms with E-state index in [4.69, 9.17) is 9.47 Å². The summed E-state index contributed by atoms with van der Waals surface area (Å²) in [7, 11) is 2.16. The van der Waals surface area contributed by atoms with Gasteiger partial charge in [-0.1, -0.05) is 32.6 Å². The lowest BCUT2D eigenvalue weighted by Gasteiger charge is -2.53. The number of carbonyl (C=O) groups excluding carboxylic acids is 2. The fraction of sp³-hybridized carbons (Fsp3) is 0.933. The molecule has 2 fully saturated rings. The minimum absolute atomic E-state index is 0.00652. The third-order valence-corrected chi connectivity index (χ3v) is 8.87. The maximum Gasteiger partial charge on any atom is 0.308 e. The minimum Gasteiger partial charge on any atom is -0.462 e. The summed E-state index contributed by atoms with van der Waals surface area (Å²) in [6, 6.07) is 0. The van der Waals surface area contributed by atoms with Crippen molar-refractivity contribution in [3.63, 3.8) is 0 Å². The van der Waals surface area contributed by atoms with Crippen molar-refractivity contribution in [2.45, 2.75) is 167 Å². The highest BCUT2D eigenvalue weighted by atomic mass is 16.6. The zero-order valence-corrected chi connectivity index (χ0v) is 25.5. The van der Waals surface area contributed by atoms with Gasteiger partial charge in [-0.15, -0.1) is 0 Å². The number of hydrogen-bond donors (Lipinski definition) is 1. The Bertz CT molecular complexity index is 740. The maximum absolute atomic E-state index is 12.7. The van der Waals surface area contributed by atoms with Gasteiger partial charge in [-0.2, -0.15) is 5.06 Å². The van der Waals surface area contributed by atoms with Crippen molar-refractivity contribution in [1.82, 2.24) is 9.96 Å². The van der Waals surface area contributed by atoms with E-state index in [1.54, 1.807) is 0 Å². The zero-order chi connectivity index (χ0) is 28.2. The summed E-state index contributed by atoms with van der Waals surface area (Å²) in [5.41, 5.74) is -0.827. The van der Waals surface area contributed by atoms with Crippen molar-refractivity contribution in [2.75, 3.05) is 7.05 Å². The molecule has 0 radical (unpaired) electrons. The Labute approximate surface area is 226 Å². The second-order valence-electron chi connectivity index (χ2n) is 14.3. The third kappa shape index (κ3) is 8.93. The lowest BCUT2D eigenvalue weighted by molar-refractivity contribution is -0.259. The van der Waals surface area contributed by atoms with E-state index in [-0.39, 0.29) is 41.1 Å². The van der Waals surface area contributed by atoms with Gasteiger partial charge in [-0.3, -0.25) is 14.5 Å². The van der Waals surface area contributed by atoms with Crippen molar-refractivity contribution >= 4 is 11.9 Å². The first-order chi connectivity index (χ1) is 16.9. The molecule has 2 aliphatic rings. The first-order valence-corrected chi connectivity index (χ1v) is 14.5. The molecule has 0 bridgehead atoms. The number of unbranched alkanes of at least 4 members (excludes halogenated alkanes) is 4. The third-order valence-electron chi connectivity index (χ3n) is 8.87. The Balaban J connectivity index is 1.60. The molecule has 0 saturated carbocycles. The number of piperidine rings is 2. The molecule has 1 N–H and O–H groups in total. The maximum atomic E-state index is 12.7. The molecule has 0 aromatic rings. The van der Waals surface area contributed by atoms with Crippen LogP contribution in [0.25, 0.3) is 0 Å². The predicted octanol–water partition coefficient (Wildman–Crippen LogP) is 6.50. The van der Waals surface area contributed by atoms with E-state index in [1.165, 1.54) is 5.06 Å². The van der Waals surface area contributed by atoms with Crippen molar-refractivity contribution in [1.29, 1.82) is 0 Å². The average molecular weight is 525 g/mol. The normalized spacial score (nSPS) is 24.9. The monoisotopic (exact) mass is 524 g/mol. The number of nitrogens with zero attached hydrogens (tertiary/aromatic N) is 2. The molecule has 7 heteroatoms. The van der Waals surface area contributed by atoms with Crippen LogP contribution in [0.2, 0.25) is 0 Å². The van der Waals surface area contributed by atoms with E-state index in [1.807, 2.05) is 34.6 Å². The summed E-state index contributed by atoms with van der Waals surface area (Å²) in [6.45, 7) is 18.8. The molecule has 216 valence electrons. The molecule has 1 atom stereocenters. The lowest BCUT2D eigenvalue weighted by Crippen LogP contribution is -2.60. The van der Waals surface area contributed by atoms with Crippen LogP contribution in [-0.2, 0) is 19.1 Å². The molecule has 2 rings (SSSR count). The van der Waals surface area contributed by atoms with E-state index in [0.717, 1.165) is 51.4 Å². The van der Waals surface area contributed by atoms with Crippen LogP contribution in [0, 0.1) is 5.92 Å². The van der Waals surface area contributed by atoms with Gasteiger partial charge in [0.1, 0.15) is 12.2 Å². The van der Waals surface area contributed by atoms with Crippen molar-refractivity contribution in [3.05, 3.63) is 0 Å². The summed E-state index contributed by atoms with van der Waals surface area (Å²) in [4.78, 5) is 27.5. The van der Waals surface area contributed by atoms with E-state index >= 15 is 0 Å². The second-order valence-corrected chi connectivity index (χ2v) is 14.3. The van der Waals surface area contributed by atoms with Crippen LogP contribution < -0.4 is 0 Å². The summed E-state index contributed by atoms with van der Waals surface area (Å²) < 4.78 is 11.7. The Kier molecular flexibility index (Phi) is 10.7. The van der Waals surface area contributed by atoms with Gasteiger partial charge in [0.05, 0.1) is 5.92 Å². The number of hydroxylamine groups is 2. The van der Waals surface area contributed by atoms with Crippen LogP contribution in [0.1, 0.15) is 133 Å². The lowest BCUT2D eigenvalue weighted by atomic mass is 9.78. The highest BCUT2D eigenvalue weighted by Gasteiger charge is 2.46. The fourth-order valence-corrected chi connectivity index (χ4v) is 6.52. The fourth-order valence-electron chi connectivity index (χ4n) is 6.52. The van der Waals surface area contributed by atoms with Gasteiger partial charge in [0.2, 0.25) is 0 Å². The SMILES string of the molecule is CC(CCCCCCCC(=O)OC1CC(C)(C)N(O)C(C)(C)C1)C(=O)OC1CC(C)(C)N(C)C(C)(C)C1. The molecule has 0 aromatic carbocycles. The van der Waals surface area contributed by atoms with E-state index < -0.39 is 11.1 Å². The topological polar surface area (TPSA) is 79.3 Å². The van der Waals surface area contributed by atoms with Gasteiger partial charge in [0.25, 0.3) is 0 Å². The molecule has 7 nitrogen and oxygen atoms in total. The second kappa shape index (κ2) is 12.3. The standard InChI is InChI=1S/C30H56N2O5/c1-22(26(34)37-24-18-27(2,3)31(10)28(4,5)19-24)16-14-12-11-13-15-17-25(33)36-23-20-29(6,7)32(35)30(8,9)21-23/h22-24,35H,11-21H2,1-10H3. The van der Waals surface area contributed by atoms with E-state index in [9.17, 15) is 14.8 Å². The molecular weight excluding hydrogens is 468 g/mol. The predicted molar refractivity (Wildman–Crippen MR) is 147 cm³/mol. The summed E-state index contributed by atoms with van der Waals surface area (Å²) in [5.74, 6) is -0.290. The van der Waals surface area contributed by atoms with Gasteiger partial charge < -0.3 is 14.7 Å². The molecule has 0 aromatic heterocycles. The van der Waals surface area contributed by atoms with Gasteiger partial charge in [0, 0.05) is 54.3 Å². The number of hydrogen-bond acceptors (Lipinski definition) is 7. The van der Waals surface area contributed by atoms with Gasteiger partial charge >= 0.3 is 11.9 Å². The van der Waals surface area contributed by atoms with Crippen molar-refractivity contribution in [3.8, 4) is 0 Å². The Hall–Kier alpha value is -1.18. The van der Waals surface area contributed by atoms with Gasteiger partial charge in [0.15, 0.2) is 0 Å². The van der Waals surface area contributed by atoms with Crippen LogP contribution in [0.5, 0.6) is 0 Å². The molecule has 2 saturated heterocycles. The van der Waals surface area contributed by atoms with E-state index in [2.05, 4.69) is 39.6 Å². The highest BCUT2D eigenvalue weighted by Crippen LogP contribution is 2.39.